The van der Waals surface area contributed by atoms with Gasteiger partial charge in [-0.2, -0.15) is 0 Å². The van der Waals surface area contributed by atoms with Gasteiger partial charge in [0, 0.05) is 31.3 Å². The number of rotatable bonds is 8. The molecule has 0 bridgehead atoms. The topological polar surface area (TPSA) is 44.7 Å². The highest BCUT2D eigenvalue weighted by molar-refractivity contribution is 4.94. The first-order chi connectivity index (χ1) is 9.28. The molecule has 19 heavy (non-hydrogen) atoms. The zero-order valence-electron chi connectivity index (χ0n) is 12.4. The van der Waals surface area contributed by atoms with E-state index in [1.165, 1.54) is 12.8 Å². The number of hydrogen-bond donors (Lipinski definition) is 2. The summed E-state index contributed by atoms with van der Waals surface area (Å²) in [7, 11) is 0. The molecule has 1 aliphatic heterocycles. The molecule has 1 aliphatic carbocycles. The molecule has 0 aromatic rings. The van der Waals surface area contributed by atoms with Crippen molar-refractivity contribution >= 4 is 0 Å². The summed E-state index contributed by atoms with van der Waals surface area (Å²) in [6, 6.07) is 0.665. The van der Waals surface area contributed by atoms with Gasteiger partial charge in [0.2, 0.25) is 0 Å². The maximum Gasteiger partial charge on any atom is 0.0613 e. The molecule has 0 spiro atoms. The van der Waals surface area contributed by atoms with E-state index in [0.717, 1.165) is 58.5 Å². The number of hydrogen-bond acceptors (Lipinski definition) is 4. The quantitative estimate of drug-likeness (QED) is 0.699. The van der Waals surface area contributed by atoms with E-state index in [1.54, 1.807) is 0 Å². The van der Waals surface area contributed by atoms with E-state index in [2.05, 4.69) is 17.1 Å². The molecule has 2 aliphatic rings. The molecule has 1 saturated heterocycles. The summed E-state index contributed by atoms with van der Waals surface area (Å²) in [6.45, 7) is 7.60. The molecule has 2 N–H and O–H groups in total. The monoisotopic (exact) mass is 270 g/mol. The van der Waals surface area contributed by atoms with Gasteiger partial charge in [-0.3, -0.25) is 0 Å². The lowest BCUT2D eigenvalue weighted by molar-refractivity contribution is 0.130. The minimum absolute atomic E-state index is 0.0382. The van der Waals surface area contributed by atoms with Gasteiger partial charge >= 0.3 is 0 Å². The maximum absolute atomic E-state index is 9.74. The second-order valence-electron chi connectivity index (χ2n) is 6.12. The first-order valence-electron chi connectivity index (χ1n) is 7.97. The van der Waals surface area contributed by atoms with Gasteiger partial charge in [0.05, 0.1) is 13.2 Å². The van der Waals surface area contributed by atoms with Crippen molar-refractivity contribution in [3.63, 3.8) is 0 Å². The van der Waals surface area contributed by atoms with Crippen LogP contribution in [-0.4, -0.2) is 61.0 Å². The van der Waals surface area contributed by atoms with E-state index >= 15 is 0 Å². The highest BCUT2D eigenvalue weighted by Crippen LogP contribution is 2.26. The predicted molar refractivity (Wildman–Crippen MR) is 77.4 cm³/mol. The third-order valence-electron chi connectivity index (χ3n) is 4.51. The lowest BCUT2D eigenvalue weighted by atomic mass is 9.91. The van der Waals surface area contributed by atoms with Crippen LogP contribution in [0.25, 0.3) is 0 Å². The SMILES string of the molecule is CCC(CO)(CCCN1CCCOCC1)NC1CC1. The van der Waals surface area contributed by atoms with Crippen molar-refractivity contribution in [1.29, 1.82) is 0 Å². The smallest absolute Gasteiger partial charge is 0.0613 e. The highest BCUT2D eigenvalue weighted by atomic mass is 16.5. The number of nitrogens with one attached hydrogen (secondary N) is 1. The minimum atomic E-state index is -0.0382. The van der Waals surface area contributed by atoms with Crippen LogP contribution in [0.3, 0.4) is 0 Å². The molecule has 2 rings (SSSR count). The fraction of sp³-hybridized carbons (Fsp3) is 1.00. The Morgan fingerprint density at radius 1 is 1.32 bits per heavy atom. The minimum Gasteiger partial charge on any atom is -0.394 e. The van der Waals surface area contributed by atoms with E-state index in [-0.39, 0.29) is 12.1 Å². The van der Waals surface area contributed by atoms with Crippen LogP contribution in [0.4, 0.5) is 0 Å². The second-order valence-corrected chi connectivity index (χ2v) is 6.12. The average molecular weight is 270 g/mol. The molecule has 1 saturated carbocycles. The van der Waals surface area contributed by atoms with Crippen molar-refractivity contribution in [2.24, 2.45) is 0 Å². The number of ether oxygens (including phenoxy) is 1. The third-order valence-corrected chi connectivity index (χ3v) is 4.51. The largest absolute Gasteiger partial charge is 0.394 e. The van der Waals surface area contributed by atoms with Crippen LogP contribution < -0.4 is 5.32 Å². The lowest BCUT2D eigenvalue weighted by Gasteiger charge is -2.33. The van der Waals surface area contributed by atoms with Crippen molar-refractivity contribution in [3.05, 3.63) is 0 Å². The lowest BCUT2D eigenvalue weighted by Crippen LogP contribution is -2.49. The Morgan fingerprint density at radius 2 is 2.16 bits per heavy atom. The summed E-state index contributed by atoms with van der Waals surface area (Å²) >= 11 is 0. The molecular weight excluding hydrogens is 240 g/mol. The van der Waals surface area contributed by atoms with Crippen LogP contribution in [0.1, 0.15) is 45.4 Å². The van der Waals surface area contributed by atoms with Crippen molar-refractivity contribution in [2.75, 3.05) is 39.5 Å². The number of aliphatic hydroxyl groups is 1. The van der Waals surface area contributed by atoms with E-state index in [4.69, 9.17) is 4.74 Å². The van der Waals surface area contributed by atoms with E-state index in [0.29, 0.717) is 6.04 Å². The predicted octanol–water partition coefficient (Wildman–Crippen LogP) is 1.38. The van der Waals surface area contributed by atoms with Gasteiger partial charge in [-0.1, -0.05) is 6.92 Å². The first-order valence-corrected chi connectivity index (χ1v) is 7.97. The van der Waals surface area contributed by atoms with Gasteiger partial charge in [-0.25, -0.2) is 0 Å². The summed E-state index contributed by atoms with van der Waals surface area (Å²) < 4.78 is 5.48. The standard InChI is InChI=1S/C15H30N2O2/c1-2-15(13-18,16-14-5-6-14)7-3-8-17-9-4-11-19-12-10-17/h14,16,18H,2-13H2,1H3. The summed E-state index contributed by atoms with van der Waals surface area (Å²) in [6.07, 6.45) is 6.97. The molecule has 2 fully saturated rings. The fourth-order valence-corrected chi connectivity index (χ4v) is 2.91. The third kappa shape index (κ3) is 5.03. The Kier molecular flexibility index (Phi) is 6.07. The summed E-state index contributed by atoms with van der Waals surface area (Å²) in [4.78, 5) is 2.50. The summed E-state index contributed by atoms with van der Waals surface area (Å²) in [5.41, 5.74) is -0.0382. The van der Waals surface area contributed by atoms with Crippen molar-refractivity contribution in [1.82, 2.24) is 10.2 Å². The Bertz CT molecular complexity index is 245. The van der Waals surface area contributed by atoms with Crippen LogP contribution in [-0.2, 0) is 4.74 Å². The van der Waals surface area contributed by atoms with Gasteiger partial charge < -0.3 is 20.1 Å². The average Bonchev–Trinajstić information content (AvgIpc) is 3.25. The Labute approximate surface area is 117 Å². The van der Waals surface area contributed by atoms with Gasteiger partial charge in [0.1, 0.15) is 0 Å². The molecule has 1 atom stereocenters. The molecule has 4 nitrogen and oxygen atoms in total. The Hall–Kier alpha value is -0.160. The molecule has 0 aromatic heterocycles. The Balaban J connectivity index is 1.71. The second kappa shape index (κ2) is 7.58. The van der Waals surface area contributed by atoms with Crippen LogP contribution in [0, 0.1) is 0 Å². The highest BCUT2D eigenvalue weighted by Gasteiger charge is 2.33. The van der Waals surface area contributed by atoms with Crippen LogP contribution in [0.5, 0.6) is 0 Å². The van der Waals surface area contributed by atoms with Crippen molar-refractivity contribution in [2.45, 2.75) is 57.0 Å². The molecule has 1 heterocycles. The van der Waals surface area contributed by atoms with Crippen LogP contribution in [0.2, 0.25) is 0 Å². The van der Waals surface area contributed by atoms with Crippen LogP contribution >= 0.6 is 0 Å². The Morgan fingerprint density at radius 3 is 2.84 bits per heavy atom. The maximum atomic E-state index is 9.74. The zero-order valence-corrected chi connectivity index (χ0v) is 12.4. The van der Waals surface area contributed by atoms with E-state index in [9.17, 15) is 5.11 Å². The van der Waals surface area contributed by atoms with Crippen molar-refractivity contribution in [3.8, 4) is 0 Å². The molecule has 0 amide bonds. The van der Waals surface area contributed by atoms with E-state index < -0.39 is 0 Å². The zero-order chi connectivity index (χ0) is 13.6. The molecular formula is C15H30N2O2. The summed E-state index contributed by atoms with van der Waals surface area (Å²) in [5, 5.41) is 13.4. The number of aliphatic hydroxyl groups excluding tert-OH is 1. The van der Waals surface area contributed by atoms with Gasteiger partial charge in [-0.05, 0) is 45.1 Å². The van der Waals surface area contributed by atoms with Crippen molar-refractivity contribution < 1.29 is 9.84 Å². The number of nitrogens with zero attached hydrogens (tertiary/aromatic N) is 1. The van der Waals surface area contributed by atoms with Gasteiger partial charge in [-0.15, -0.1) is 0 Å². The van der Waals surface area contributed by atoms with Gasteiger partial charge in [0.25, 0.3) is 0 Å². The molecule has 4 heteroatoms. The molecule has 0 radical (unpaired) electrons. The molecule has 112 valence electrons. The summed E-state index contributed by atoms with van der Waals surface area (Å²) in [5.74, 6) is 0. The molecule has 0 aromatic carbocycles. The normalized spacial score (nSPS) is 24.9. The van der Waals surface area contributed by atoms with Crippen LogP contribution in [0.15, 0.2) is 0 Å². The van der Waals surface area contributed by atoms with Gasteiger partial charge in [0.15, 0.2) is 0 Å². The first kappa shape index (κ1) is 15.2. The molecule has 1 unspecified atom stereocenters. The van der Waals surface area contributed by atoms with E-state index in [1.807, 2.05) is 0 Å². The fourth-order valence-electron chi connectivity index (χ4n) is 2.91.